The van der Waals surface area contributed by atoms with Gasteiger partial charge in [0.2, 0.25) is 5.91 Å². The van der Waals surface area contributed by atoms with Crippen molar-refractivity contribution in [3.63, 3.8) is 0 Å². The lowest BCUT2D eigenvalue weighted by atomic mass is 9.91. The molecule has 2 fully saturated rings. The first-order chi connectivity index (χ1) is 11.9. The molecule has 1 aromatic rings. The number of benzene rings is 1. The average molecular weight is 381 g/mol. The molecule has 2 aliphatic heterocycles. The maximum atomic E-state index is 12.8. The molecule has 8 heteroatoms. The fourth-order valence-corrected chi connectivity index (χ4v) is 3.29. The molecule has 26 heavy (non-hydrogen) atoms. The highest BCUT2D eigenvalue weighted by Crippen LogP contribution is 2.28. The molecule has 0 aliphatic carbocycles. The van der Waals surface area contributed by atoms with E-state index in [2.05, 4.69) is 16.0 Å². The smallest absolute Gasteiger partial charge is 0.325 e. The molecule has 0 spiro atoms. The summed E-state index contributed by atoms with van der Waals surface area (Å²) < 4.78 is 0. The Morgan fingerprint density at radius 2 is 2.00 bits per heavy atom. The molecule has 1 aromatic carbocycles. The quantitative estimate of drug-likeness (QED) is 0.666. The number of carbonyl (C=O) groups excluding carboxylic acids is 3. The summed E-state index contributed by atoms with van der Waals surface area (Å²) >= 11 is 0. The molecule has 0 bridgehead atoms. The Labute approximate surface area is 159 Å². The Morgan fingerprint density at radius 1 is 1.31 bits per heavy atom. The van der Waals surface area contributed by atoms with Crippen molar-refractivity contribution in [2.24, 2.45) is 0 Å². The van der Waals surface area contributed by atoms with Crippen molar-refractivity contribution in [3.8, 4) is 0 Å². The maximum absolute atomic E-state index is 12.8. The first-order valence-electron chi connectivity index (χ1n) is 8.61. The van der Waals surface area contributed by atoms with Crippen LogP contribution in [0.25, 0.3) is 0 Å². The zero-order chi connectivity index (χ0) is 18.0. The van der Waals surface area contributed by atoms with Crippen molar-refractivity contribution in [2.75, 3.05) is 19.6 Å². The highest BCUT2D eigenvalue weighted by Gasteiger charge is 2.49. The monoisotopic (exact) mass is 380 g/mol. The second kappa shape index (κ2) is 8.05. The van der Waals surface area contributed by atoms with Crippen LogP contribution in [0.15, 0.2) is 24.3 Å². The van der Waals surface area contributed by atoms with Crippen LogP contribution in [0.4, 0.5) is 4.79 Å². The Hall–Kier alpha value is -2.12. The second-order valence-electron chi connectivity index (χ2n) is 6.91. The van der Waals surface area contributed by atoms with Crippen molar-refractivity contribution in [3.05, 3.63) is 35.4 Å². The Morgan fingerprint density at radius 3 is 2.62 bits per heavy atom. The van der Waals surface area contributed by atoms with Gasteiger partial charge in [0.15, 0.2) is 0 Å². The molecule has 0 saturated carbocycles. The van der Waals surface area contributed by atoms with Gasteiger partial charge in [0, 0.05) is 12.6 Å². The van der Waals surface area contributed by atoms with E-state index in [0.29, 0.717) is 12.1 Å². The van der Waals surface area contributed by atoms with E-state index in [4.69, 9.17) is 0 Å². The number of carbonyl (C=O) groups is 3. The normalized spacial score (nSPS) is 25.0. The van der Waals surface area contributed by atoms with Gasteiger partial charge in [-0.1, -0.05) is 29.8 Å². The molecule has 2 atom stereocenters. The summed E-state index contributed by atoms with van der Waals surface area (Å²) in [7, 11) is 0. The molecular formula is C18H25ClN4O3. The SMILES string of the molecule is Cc1ccc(C2(C)NC(=O)N(CC(=O)NCC3CCCN3)C2=O)cc1.Cl. The number of hydrogen-bond donors (Lipinski definition) is 3. The van der Waals surface area contributed by atoms with Crippen LogP contribution >= 0.6 is 12.4 Å². The van der Waals surface area contributed by atoms with Crippen molar-refractivity contribution < 1.29 is 14.4 Å². The fourth-order valence-electron chi connectivity index (χ4n) is 3.29. The van der Waals surface area contributed by atoms with E-state index in [0.717, 1.165) is 29.8 Å². The Kier molecular flexibility index (Phi) is 6.26. The topological polar surface area (TPSA) is 90.5 Å². The third-order valence-electron chi connectivity index (χ3n) is 4.91. The molecule has 7 nitrogen and oxygen atoms in total. The van der Waals surface area contributed by atoms with Gasteiger partial charge in [-0.15, -0.1) is 12.4 Å². The summed E-state index contributed by atoms with van der Waals surface area (Å²) in [6.07, 6.45) is 2.12. The van der Waals surface area contributed by atoms with E-state index in [1.54, 1.807) is 6.92 Å². The van der Waals surface area contributed by atoms with Crippen LogP contribution in [0.5, 0.6) is 0 Å². The van der Waals surface area contributed by atoms with Gasteiger partial charge < -0.3 is 16.0 Å². The number of urea groups is 1. The molecule has 2 unspecified atom stereocenters. The molecule has 3 rings (SSSR count). The van der Waals surface area contributed by atoms with E-state index in [-0.39, 0.29) is 30.9 Å². The van der Waals surface area contributed by atoms with Crippen molar-refractivity contribution in [2.45, 2.75) is 38.3 Å². The Bertz CT molecular complexity index is 688. The standard InChI is InChI=1S/C18H24N4O3.ClH/c1-12-5-7-13(8-6-12)18(2)16(24)22(17(25)21-18)11-15(23)20-10-14-4-3-9-19-14;/h5-8,14,19H,3-4,9-11H2,1-2H3,(H,20,23)(H,21,25);1H. The minimum absolute atomic E-state index is 0. The molecular weight excluding hydrogens is 356 g/mol. The molecule has 2 aliphatic rings. The zero-order valence-corrected chi connectivity index (χ0v) is 15.8. The number of aryl methyl sites for hydroxylation is 1. The third kappa shape index (κ3) is 3.99. The number of hydrogen-bond acceptors (Lipinski definition) is 4. The van der Waals surface area contributed by atoms with Gasteiger partial charge in [-0.25, -0.2) is 4.79 Å². The van der Waals surface area contributed by atoms with Crippen LogP contribution in [0.1, 0.15) is 30.9 Å². The van der Waals surface area contributed by atoms with Crippen LogP contribution in [0.3, 0.4) is 0 Å². The molecule has 2 heterocycles. The molecule has 3 N–H and O–H groups in total. The number of amides is 4. The predicted octanol–water partition coefficient (Wildman–Crippen LogP) is 1.05. The van der Waals surface area contributed by atoms with Crippen LogP contribution in [-0.4, -0.2) is 48.4 Å². The number of imide groups is 1. The van der Waals surface area contributed by atoms with Crippen molar-refractivity contribution >= 4 is 30.3 Å². The molecule has 0 aromatic heterocycles. The van der Waals surface area contributed by atoms with Crippen LogP contribution in [-0.2, 0) is 15.1 Å². The zero-order valence-electron chi connectivity index (χ0n) is 15.0. The lowest BCUT2D eigenvalue weighted by Gasteiger charge is -2.22. The highest BCUT2D eigenvalue weighted by atomic mass is 35.5. The molecule has 0 radical (unpaired) electrons. The molecule has 142 valence electrons. The molecule has 4 amide bonds. The van der Waals surface area contributed by atoms with E-state index >= 15 is 0 Å². The maximum Gasteiger partial charge on any atom is 0.325 e. The first-order valence-corrected chi connectivity index (χ1v) is 8.61. The van der Waals surface area contributed by atoms with Crippen LogP contribution in [0.2, 0.25) is 0 Å². The Balaban J connectivity index is 0.00000243. The third-order valence-corrected chi connectivity index (χ3v) is 4.91. The highest BCUT2D eigenvalue weighted by molar-refractivity contribution is 6.09. The summed E-state index contributed by atoms with van der Waals surface area (Å²) in [6, 6.07) is 7.16. The number of nitrogens with zero attached hydrogens (tertiary/aromatic N) is 1. The second-order valence-corrected chi connectivity index (χ2v) is 6.91. The van der Waals surface area contributed by atoms with Crippen molar-refractivity contribution in [1.82, 2.24) is 20.9 Å². The number of nitrogens with one attached hydrogen (secondary N) is 3. The van der Waals surface area contributed by atoms with Crippen LogP contribution < -0.4 is 16.0 Å². The summed E-state index contributed by atoms with van der Waals surface area (Å²) in [5.74, 6) is -0.735. The van der Waals surface area contributed by atoms with Gasteiger partial charge in [0.25, 0.3) is 5.91 Å². The summed E-state index contributed by atoms with van der Waals surface area (Å²) in [4.78, 5) is 38.1. The largest absolute Gasteiger partial charge is 0.353 e. The predicted molar refractivity (Wildman–Crippen MR) is 100 cm³/mol. The van der Waals surface area contributed by atoms with Gasteiger partial charge in [0.05, 0.1) is 0 Å². The number of halogens is 1. The van der Waals surface area contributed by atoms with Gasteiger partial charge in [-0.3, -0.25) is 14.5 Å². The summed E-state index contributed by atoms with van der Waals surface area (Å²) in [5, 5.41) is 8.79. The van der Waals surface area contributed by atoms with E-state index < -0.39 is 17.5 Å². The average Bonchev–Trinajstić information content (AvgIpc) is 3.17. The molecule has 2 saturated heterocycles. The van der Waals surface area contributed by atoms with Crippen molar-refractivity contribution in [1.29, 1.82) is 0 Å². The van der Waals surface area contributed by atoms with E-state index in [9.17, 15) is 14.4 Å². The lowest BCUT2D eigenvalue weighted by Crippen LogP contribution is -2.45. The lowest BCUT2D eigenvalue weighted by molar-refractivity contribution is -0.134. The van der Waals surface area contributed by atoms with E-state index in [1.807, 2.05) is 31.2 Å². The van der Waals surface area contributed by atoms with Gasteiger partial charge in [-0.2, -0.15) is 0 Å². The fraction of sp³-hybridized carbons (Fsp3) is 0.500. The first kappa shape index (κ1) is 20.2. The van der Waals surface area contributed by atoms with Crippen LogP contribution in [0, 0.1) is 6.92 Å². The number of rotatable bonds is 5. The van der Waals surface area contributed by atoms with Gasteiger partial charge in [-0.05, 0) is 38.8 Å². The minimum atomic E-state index is -1.14. The summed E-state index contributed by atoms with van der Waals surface area (Å²) in [6.45, 7) is 4.83. The summed E-state index contributed by atoms with van der Waals surface area (Å²) in [5.41, 5.74) is 0.633. The van der Waals surface area contributed by atoms with E-state index in [1.165, 1.54) is 0 Å². The van der Waals surface area contributed by atoms with Gasteiger partial charge in [0.1, 0.15) is 12.1 Å². The minimum Gasteiger partial charge on any atom is -0.353 e. The van der Waals surface area contributed by atoms with Gasteiger partial charge >= 0.3 is 6.03 Å².